The van der Waals surface area contributed by atoms with E-state index in [0.717, 1.165) is 47.7 Å². The third kappa shape index (κ3) is 4.94. The Balaban J connectivity index is 0.00000259. The van der Waals surface area contributed by atoms with E-state index in [9.17, 15) is 5.11 Å². The van der Waals surface area contributed by atoms with Crippen LogP contribution in [-0.2, 0) is 19.5 Å². The quantitative estimate of drug-likeness (QED) is 0.195. The molecule has 1 aliphatic rings. The SMILES string of the molecule is Cc1ccc(-c2csc(N=C([O-])C[n+]3cc(-c4ccc(Cl)c(Cl)c4)n4c3CCC4)n2)cc1.Cl. The Labute approximate surface area is 212 Å². The van der Waals surface area contributed by atoms with Crippen molar-refractivity contribution in [1.82, 2.24) is 9.55 Å². The molecule has 0 bridgehead atoms. The summed E-state index contributed by atoms with van der Waals surface area (Å²) in [5.74, 6) is 0.898. The summed E-state index contributed by atoms with van der Waals surface area (Å²) in [6.45, 7) is 3.14. The first-order valence-electron chi connectivity index (χ1n) is 10.3. The molecule has 4 aromatic rings. The van der Waals surface area contributed by atoms with Crippen LogP contribution in [0.3, 0.4) is 0 Å². The maximum atomic E-state index is 12.7. The van der Waals surface area contributed by atoms with Crippen LogP contribution >= 0.6 is 46.9 Å². The predicted molar refractivity (Wildman–Crippen MR) is 135 cm³/mol. The van der Waals surface area contributed by atoms with Crippen LogP contribution < -0.4 is 9.67 Å². The number of halogens is 3. The summed E-state index contributed by atoms with van der Waals surface area (Å²) in [5, 5.41) is 16.2. The highest BCUT2D eigenvalue weighted by molar-refractivity contribution is 7.13. The fourth-order valence-corrected chi connectivity index (χ4v) is 5.00. The van der Waals surface area contributed by atoms with Crippen LogP contribution in [0.1, 0.15) is 17.8 Å². The van der Waals surface area contributed by atoms with Crippen molar-refractivity contribution in [2.45, 2.75) is 32.9 Å². The van der Waals surface area contributed by atoms with Crippen molar-refractivity contribution in [3.8, 4) is 22.5 Å². The zero-order valence-electron chi connectivity index (χ0n) is 17.8. The van der Waals surface area contributed by atoms with Gasteiger partial charge in [0.15, 0.2) is 5.69 Å². The molecule has 0 saturated carbocycles. The van der Waals surface area contributed by atoms with Gasteiger partial charge in [0.05, 0.1) is 28.7 Å². The van der Waals surface area contributed by atoms with E-state index in [1.807, 2.05) is 59.5 Å². The van der Waals surface area contributed by atoms with Crippen LogP contribution in [0.25, 0.3) is 22.5 Å². The predicted octanol–water partition coefficient (Wildman–Crippen LogP) is 5.64. The minimum absolute atomic E-state index is 0. The van der Waals surface area contributed by atoms with Gasteiger partial charge in [-0.1, -0.05) is 53.0 Å². The highest BCUT2D eigenvalue weighted by Gasteiger charge is 2.28. The van der Waals surface area contributed by atoms with Crippen molar-refractivity contribution in [2.75, 3.05) is 0 Å². The van der Waals surface area contributed by atoms with E-state index in [0.29, 0.717) is 15.2 Å². The van der Waals surface area contributed by atoms with E-state index >= 15 is 0 Å². The van der Waals surface area contributed by atoms with E-state index < -0.39 is 0 Å². The molecule has 33 heavy (non-hydrogen) atoms. The molecule has 0 spiro atoms. The molecule has 0 saturated heterocycles. The minimum Gasteiger partial charge on any atom is -0.859 e. The summed E-state index contributed by atoms with van der Waals surface area (Å²) in [5.41, 5.74) is 5.06. The summed E-state index contributed by atoms with van der Waals surface area (Å²) >= 11 is 13.7. The Kier molecular flexibility index (Phi) is 7.10. The molecule has 0 unspecified atom stereocenters. The molecule has 3 heterocycles. The lowest BCUT2D eigenvalue weighted by atomic mass is 10.1. The van der Waals surface area contributed by atoms with Crippen molar-refractivity contribution >= 4 is 58.0 Å². The third-order valence-electron chi connectivity index (χ3n) is 5.57. The van der Waals surface area contributed by atoms with Gasteiger partial charge in [0.25, 0.3) is 5.82 Å². The smallest absolute Gasteiger partial charge is 0.257 e. The molecule has 170 valence electrons. The van der Waals surface area contributed by atoms with Gasteiger partial charge < -0.3 is 5.11 Å². The number of hydrogen-bond donors (Lipinski definition) is 0. The van der Waals surface area contributed by atoms with Crippen LogP contribution in [0, 0.1) is 6.92 Å². The summed E-state index contributed by atoms with van der Waals surface area (Å²) in [4.78, 5) is 8.78. The van der Waals surface area contributed by atoms with Crippen molar-refractivity contribution in [3.63, 3.8) is 0 Å². The largest absolute Gasteiger partial charge is 0.859 e. The number of benzene rings is 2. The van der Waals surface area contributed by atoms with Crippen molar-refractivity contribution in [2.24, 2.45) is 4.99 Å². The molecular formula is C24H21Cl3N4OS. The summed E-state index contributed by atoms with van der Waals surface area (Å²) in [7, 11) is 0. The summed E-state index contributed by atoms with van der Waals surface area (Å²) in [6, 6.07) is 13.8. The Morgan fingerprint density at radius 3 is 2.67 bits per heavy atom. The summed E-state index contributed by atoms with van der Waals surface area (Å²) < 4.78 is 4.23. The Hall–Kier alpha value is -2.38. The molecule has 0 atom stereocenters. The van der Waals surface area contributed by atoms with E-state index in [-0.39, 0.29) is 24.8 Å². The van der Waals surface area contributed by atoms with Gasteiger partial charge in [-0.05, 0) is 31.5 Å². The zero-order valence-corrected chi connectivity index (χ0v) is 20.9. The summed E-state index contributed by atoms with van der Waals surface area (Å²) in [6.07, 6.45) is 3.96. The lowest BCUT2D eigenvalue weighted by molar-refractivity contribution is -0.693. The van der Waals surface area contributed by atoms with Gasteiger partial charge in [0, 0.05) is 22.4 Å². The molecule has 0 radical (unpaired) electrons. The topological polar surface area (TPSA) is 57.1 Å². The molecule has 0 amide bonds. The van der Waals surface area contributed by atoms with Gasteiger partial charge in [0.1, 0.15) is 12.7 Å². The molecule has 0 N–H and O–H groups in total. The maximum absolute atomic E-state index is 12.7. The number of aryl methyl sites for hydroxylation is 1. The molecule has 1 aliphatic heterocycles. The number of fused-ring (bicyclic) bond motifs is 1. The number of rotatable bonds is 5. The number of nitrogens with zero attached hydrogens (tertiary/aromatic N) is 4. The van der Waals surface area contributed by atoms with Crippen LogP contribution in [0.2, 0.25) is 10.0 Å². The fraction of sp³-hybridized carbons (Fsp3) is 0.208. The van der Waals surface area contributed by atoms with Gasteiger partial charge in [0.2, 0.25) is 5.13 Å². The average Bonchev–Trinajstić information content (AvgIpc) is 3.49. The number of hydrogen-bond acceptors (Lipinski definition) is 4. The molecule has 0 fully saturated rings. The molecule has 5 nitrogen and oxygen atoms in total. The molecule has 2 aromatic carbocycles. The van der Waals surface area contributed by atoms with Crippen molar-refractivity contribution in [3.05, 3.63) is 75.5 Å². The lowest BCUT2D eigenvalue weighted by Crippen LogP contribution is -2.43. The first-order valence-corrected chi connectivity index (χ1v) is 12.0. The number of imidazole rings is 1. The van der Waals surface area contributed by atoms with Gasteiger partial charge in [-0.25, -0.2) is 19.1 Å². The monoisotopic (exact) mass is 518 g/mol. The van der Waals surface area contributed by atoms with Crippen LogP contribution in [0.15, 0.2) is 59.0 Å². The van der Waals surface area contributed by atoms with Crippen LogP contribution in [0.4, 0.5) is 5.13 Å². The van der Waals surface area contributed by atoms with Gasteiger partial charge >= 0.3 is 0 Å². The van der Waals surface area contributed by atoms with Crippen molar-refractivity contribution in [1.29, 1.82) is 0 Å². The van der Waals surface area contributed by atoms with E-state index in [4.69, 9.17) is 23.2 Å². The lowest BCUT2D eigenvalue weighted by Gasteiger charge is -2.07. The van der Waals surface area contributed by atoms with Crippen LogP contribution in [-0.4, -0.2) is 15.4 Å². The normalized spacial score (nSPS) is 13.1. The highest BCUT2D eigenvalue weighted by Crippen LogP contribution is 2.31. The van der Waals surface area contributed by atoms with Gasteiger partial charge in [-0.15, -0.1) is 23.7 Å². The standard InChI is InChI=1S/C24H20Cl2N4OS.ClH/c1-15-4-6-16(7-5-15)20-14-32-24(27-20)28-22(31)13-29-12-21(30-10-2-3-23(29)30)17-8-9-18(25)19(26)11-17;/h4-9,11-12,14H,2-3,10,13H2,1H3;1H. The fourth-order valence-electron chi connectivity index (χ4n) is 3.99. The Morgan fingerprint density at radius 2 is 1.91 bits per heavy atom. The van der Waals surface area contributed by atoms with Gasteiger partial charge in [-0.3, -0.25) is 0 Å². The number of aliphatic imine (C=N–C) groups is 1. The second-order valence-electron chi connectivity index (χ2n) is 7.83. The average molecular weight is 520 g/mol. The highest BCUT2D eigenvalue weighted by atomic mass is 35.5. The first kappa shape index (κ1) is 23.8. The molecule has 0 aliphatic carbocycles. The zero-order chi connectivity index (χ0) is 22.2. The van der Waals surface area contributed by atoms with Crippen LogP contribution in [0.5, 0.6) is 0 Å². The Bertz CT molecular complexity index is 1330. The third-order valence-corrected chi connectivity index (χ3v) is 7.05. The molecular weight excluding hydrogens is 499 g/mol. The second-order valence-corrected chi connectivity index (χ2v) is 9.48. The second kappa shape index (κ2) is 9.85. The number of aromatic nitrogens is 3. The van der Waals surface area contributed by atoms with E-state index in [1.165, 1.54) is 16.9 Å². The number of thiazole rings is 1. The van der Waals surface area contributed by atoms with E-state index in [1.54, 1.807) is 6.07 Å². The van der Waals surface area contributed by atoms with E-state index in [2.05, 4.69) is 14.5 Å². The van der Waals surface area contributed by atoms with Crippen molar-refractivity contribution < 1.29 is 9.67 Å². The minimum atomic E-state index is -0.221. The Morgan fingerprint density at radius 1 is 1.15 bits per heavy atom. The molecule has 2 aromatic heterocycles. The molecule has 5 rings (SSSR count). The maximum Gasteiger partial charge on any atom is 0.257 e. The van der Waals surface area contributed by atoms with Gasteiger partial charge in [-0.2, -0.15) is 0 Å². The first-order chi connectivity index (χ1) is 15.5. The molecule has 9 heteroatoms.